The van der Waals surface area contributed by atoms with Gasteiger partial charge in [-0.15, -0.1) is 0 Å². The Hall–Kier alpha value is -0.770. The van der Waals surface area contributed by atoms with Gasteiger partial charge in [0.05, 0.1) is 0 Å². The minimum atomic E-state index is -0.747. The Kier molecular flexibility index (Phi) is 5.29. The Bertz CT molecular complexity index is 257. The highest BCUT2D eigenvalue weighted by molar-refractivity contribution is 5.64. The lowest BCUT2D eigenvalue weighted by Crippen LogP contribution is -2.37. The van der Waals surface area contributed by atoms with Crippen LogP contribution in [0.25, 0.3) is 0 Å². The van der Waals surface area contributed by atoms with Gasteiger partial charge in [0.2, 0.25) is 0 Å². The van der Waals surface area contributed by atoms with E-state index in [4.69, 9.17) is 5.11 Å². The van der Waals surface area contributed by atoms with Gasteiger partial charge in [-0.3, -0.25) is 0 Å². The van der Waals surface area contributed by atoms with E-state index in [0.29, 0.717) is 0 Å². The minimum Gasteiger partial charge on any atom is -0.465 e. The van der Waals surface area contributed by atoms with E-state index < -0.39 is 6.09 Å². The van der Waals surface area contributed by atoms with Crippen LogP contribution in [0.5, 0.6) is 0 Å². The molecule has 0 aromatic carbocycles. The molecule has 2 fully saturated rings. The van der Waals surface area contributed by atoms with E-state index in [-0.39, 0.29) is 0 Å². The van der Waals surface area contributed by atoms with E-state index >= 15 is 0 Å². The van der Waals surface area contributed by atoms with Crippen molar-refractivity contribution in [2.75, 3.05) is 26.2 Å². The number of hydrogen-bond donors (Lipinski definition) is 2. The number of nitrogens with one attached hydrogen (secondary N) is 1. The van der Waals surface area contributed by atoms with Crippen molar-refractivity contribution in [1.29, 1.82) is 0 Å². The monoisotopic (exact) mass is 254 g/mol. The summed E-state index contributed by atoms with van der Waals surface area (Å²) < 4.78 is 0. The fourth-order valence-corrected chi connectivity index (χ4v) is 3.28. The van der Waals surface area contributed by atoms with Gasteiger partial charge in [-0.25, -0.2) is 4.79 Å². The average molecular weight is 254 g/mol. The quantitative estimate of drug-likeness (QED) is 0.810. The molecule has 2 rings (SSSR count). The molecule has 1 amide bonds. The third-order valence-electron chi connectivity index (χ3n) is 4.57. The van der Waals surface area contributed by atoms with Crippen LogP contribution in [0.4, 0.5) is 4.79 Å². The maximum absolute atomic E-state index is 10.8. The number of piperidine rings is 2. The summed E-state index contributed by atoms with van der Waals surface area (Å²) in [5.74, 6) is 1.70. The van der Waals surface area contributed by atoms with Gasteiger partial charge in [-0.05, 0) is 50.6 Å². The van der Waals surface area contributed by atoms with Crippen molar-refractivity contribution in [3.63, 3.8) is 0 Å². The molecular formula is C14H26N2O2. The standard InChI is InChI=1S/C14H26N2O2/c17-14(18)16-10-6-13(7-11-16)3-1-2-12-4-8-15-9-5-12/h12-13,15H,1-11H2,(H,17,18). The third kappa shape index (κ3) is 4.16. The zero-order chi connectivity index (χ0) is 12.8. The number of amides is 1. The van der Waals surface area contributed by atoms with Crippen LogP contribution in [-0.2, 0) is 0 Å². The maximum Gasteiger partial charge on any atom is 0.407 e. The Labute approximate surface area is 110 Å². The lowest BCUT2D eigenvalue weighted by molar-refractivity contribution is 0.122. The first kappa shape index (κ1) is 13.7. The molecule has 4 heteroatoms. The lowest BCUT2D eigenvalue weighted by Gasteiger charge is -2.30. The molecule has 2 heterocycles. The summed E-state index contributed by atoms with van der Waals surface area (Å²) in [5.41, 5.74) is 0. The summed E-state index contributed by atoms with van der Waals surface area (Å²) in [6, 6.07) is 0. The van der Waals surface area contributed by atoms with Crippen molar-refractivity contribution in [1.82, 2.24) is 10.2 Å². The number of nitrogens with zero attached hydrogens (tertiary/aromatic N) is 1. The first-order valence-electron chi connectivity index (χ1n) is 7.44. The van der Waals surface area contributed by atoms with Crippen LogP contribution in [0.15, 0.2) is 0 Å². The predicted molar refractivity (Wildman–Crippen MR) is 71.8 cm³/mol. The SMILES string of the molecule is O=C(O)N1CCC(CCCC2CCNCC2)CC1. The number of carboxylic acid groups (broad SMARTS) is 1. The van der Waals surface area contributed by atoms with Crippen molar-refractivity contribution in [2.24, 2.45) is 11.8 Å². The first-order valence-corrected chi connectivity index (χ1v) is 7.44. The molecule has 2 aliphatic heterocycles. The molecule has 2 saturated heterocycles. The van der Waals surface area contributed by atoms with Gasteiger partial charge in [-0.2, -0.15) is 0 Å². The van der Waals surface area contributed by atoms with Gasteiger partial charge in [0, 0.05) is 13.1 Å². The molecule has 0 aromatic rings. The van der Waals surface area contributed by atoms with Crippen molar-refractivity contribution in [3.05, 3.63) is 0 Å². The second-order valence-electron chi connectivity index (χ2n) is 5.84. The van der Waals surface area contributed by atoms with Crippen molar-refractivity contribution >= 4 is 6.09 Å². The lowest BCUT2D eigenvalue weighted by atomic mass is 9.87. The number of rotatable bonds is 4. The van der Waals surface area contributed by atoms with Crippen LogP contribution in [0.3, 0.4) is 0 Å². The molecule has 2 aliphatic rings. The van der Waals surface area contributed by atoms with Crippen molar-refractivity contribution in [3.8, 4) is 0 Å². The van der Waals surface area contributed by atoms with Gasteiger partial charge in [0.1, 0.15) is 0 Å². The fraction of sp³-hybridized carbons (Fsp3) is 0.929. The van der Waals surface area contributed by atoms with Gasteiger partial charge in [-0.1, -0.05) is 19.3 Å². The van der Waals surface area contributed by atoms with E-state index in [9.17, 15) is 4.79 Å². The molecule has 104 valence electrons. The summed E-state index contributed by atoms with van der Waals surface area (Å²) in [4.78, 5) is 12.4. The Morgan fingerprint density at radius 2 is 1.61 bits per heavy atom. The zero-order valence-electron chi connectivity index (χ0n) is 11.2. The topological polar surface area (TPSA) is 52.6 Å². The first-order chi connectivity index (χ1) is 8.75. The van der Waals surface area contributed by atoms with Crippen LogP contribution in [0.2, 0.25) is 0 Å². The molecule has 0 atom stereocenters. The summed E-state index contributed by atoms with van der Waals surface area (Å²) in [6.45, 7) is 3.88. The van der Waals surface area contributed by atoms with Crippen LogP contribution < -0.4 is 5.32 Å². The van der Waals surface area contributed by atoms with Crippen LogP contribution >= 0.6 is 0 Å². The summed E-state index contributed by atoms with van der Waals surface area (Å²) >= 11 is 0. The molecule has 2 N–H and O–H groups in total. The Balaban J connectivity index is 1.56. The van der Waals surface area contributed by atoms with E-state index in [2.05, 4.69) is 5.32 Å². The normalized spacial score (nSPS) is 23.2. The highest BCUT2D eigenvalue weighted by atomic mass is 16.4. The van der Waals surface area contributed by atoms with Gasteiger partial charge >= 0.3 is 6.09 Å². The minimum absolute atomic E-state index is 0.743. The molecule has 0 spiro atoms. The van der Waals surface area contributed by atoms with Gasteiger partial charge < -0.3 is 15.3 Å². The van der Waals surface area contributed by atoms with E-state index in [0.717, 1.165) is 37.8 Å². The molecule has 0 bridgehead atoms. The largest absolute Gasteiger partial charge is 0.465 e. The van der Waals surface area contributed by atoms with E-state index in [1.807, 2.05) is 0 Å². The summed E-state index contributed by atoms with van der Waals surface area (Å²) in [6.07, 6.45) is 8.09. The van der Waals surface area contributed by atoms with Crippen LogP contribution in [0, 0.1) is 11.8 Å². The number of carbonyl (C=O) groups is 1. The molecule has 4 nitrogen and oxygen atoms in total. The fourth-order valence-electron chi connectivity index (χ4n) is 3.28. The molecular weight excluding hydrogens is 228 g/mol. The third-order valence-corrected chi connectivity index (χ3v) is 4.57. The summed E-state index contributed by atoms with van der Waals surface area (Å²) in [7, 11) is 0. The molecule has 0 aliphatic carbocycles. The van der Waals surface area contributed by atoms with Gasteiger partial charge in [0.15, 0.2) is 0 Å². The molecule has 18 heavy (non-hydrogen) atoms. The maximum atomic E-state index is 10.8. The van der Waals surface area contributed by atoms with Crippen LogP contribution in [-0.4, -0.2) is 42.3 Å². The van der Waals surface area contributed by atoms with Crippen LogP contribution in [0.1, 0.15) is 44.9 Å². The number of hydrogen-bond acceptors (Lipinski definition) is 2. The smallest absolute Gasteiger partial charge is 0.407 e. The van der Waals surface area contributed by atoms with Crippen molar-refractivity contribution < 1.29 is 9.90 Å². The molecule has 0 aromatic heterocycles. The molecule has 0 radical (unpaired) electrons. The average Bonchev–Trinajstić information content (AvgIpc) is 2.40. The Morgan fingerprint density at radius 3 is 2.17 bits per heavy atom. The highest BCUT2D eigenvalue weighted by Crippen LogP contribution is 2.25. The molecule has 0 saturated carbocycles. The summed E-state index contributed by atoms with van der Waals surface area (Å²) in [5, 5.41) is 12.3. The second-order valence-corrected chi connectivity index (χ2v) is 5.84. The Morgan fingerprint density at radius 1 is 1.06 bits per heavy atom. The number of likely N-dealkylation sites (tertiary alicyclic amines) is 1. The van der Waals surface area contributed by atoms with Crippen molar-refractivity contribution in [2.45, 2.75) is 44.9 Å². The highest BCUT2D eigenvalue weighted by Gasteiger charge is 2.22. The zero-order valence-corrected chi connectivity index (χ0v) is 11.2. The van der Waals surface area contributed by atoms with E-state index in [1.54, 1.807) is 4.90 Å². The molecule has 0 unspecified atom stereocenters. The van der Waals surface area contributed by atoms with Gasteiger partial charge in [0.25, 0.3) is 0 Å². The van der Waals surface area contributed by atoms with E-state index in [1.165, 1.54) is 45.2 Å². The second kappa shape index (κ2) is 6.98. The predicted octanol–water partition coefficient (Wildman–Crippen LogP) is 2.55.